The number of hydrogen-bond donors (Lipinski definition) is 1. The highest BCUT2D eigenvalue weighted by molar-refractivity contribution is 5.74. The maximum atomic E-state index is 16.2. The van der Waals surface area contributed by atoms with Gasteiger partial charge in [0.05, 0.1) is 12.5 Å². The van der Waals surface area contributed by atoms with Crippen LogP contribution < -0.4 is 10.1 Å². The predicted molar refractivity (Wildman–Crippen MR) is 182 cm³/mol. The SMILES string of the molecule is C[C@H](NC(=O)OC(C)(C)C)c1cccc(-c2cc(CCc3ccncc3)cc(COc3ccccc3CC(=O)OC(C)(C)C)c2)c1F. The normalized spacial score (nSPS) is 12.3. The molecule has 248 valence electrons. The minimum absolute atomic E-state index is 0.0815. The van der Waals surface area contributed by atoms with Crippen molar-refractivity contribution in [2.75, 3.05) is 0 Å². The van der Waals surface area contributed by atoms with E-state index < -0.39 is 29.2 Å². The van der Waals surface area contributed by atoms with E-state index in [4.69, 9.17) is 14.2 Å². The number of rotatable bonds is 11. The Hall–Kier alpha value is -4.72. The molecule has 1 atom stereocenters. The van der Waals surface area contributed by atoms with Gasteiger partial charge in [-0.3, -0.25) is 9.78 Å². The number of ether oxygens (including phenoxy) is 3. The lowest BCUT2D eigenvalue weighted by molar-refractivity contribution is -0.153. The van der Waals surface area contributed by atoms with E-state index in [1.54, 1.807) is 58.3 Å². The molecular weight excluding hydrogens is 595 g/mol. The molecule has 3 aromatic carbocycles. The molecule has 0 bridgehead atoms. The molecule has 0 unspecified atom stereocenters. The van der Waals surface area contributed by atoms with E-state index in [0.717, 1.165) is 35.1 Å². The molecule has 7 nitrogen and oxygen atoms in total. The number of para-hydroxylation sites is 1. The van der Waals surface area contributed by atoms with Gasteiger partial charge >= 0.3 is 12.1 Å². The molecule has 0 spiro atoms. The first kappa shape index (κ1) is 35.1. The Labute approximate surface area is 277 Å². The van der Waals surface area contributed by atoms with Crippen LogP contribution in [0.2, 0.25) is 0 Å². The molecule has 4 aromatic rings. The minimum atomic E-state index is -0.671. The van der Waals surface area contributed by atoms with Crippen LogP contribution in [0.1, 0.15) is 82.3 Å². The Kier molecular flexibility index (Phi) is 11.4. The molecule has 0 aliphatic heterocycles. The topological polar surface area (TPSA) is 86.8 Å². The first-order valence-electron chi connectivity index (χ1n) is 15.9. The van der Waals surface area contributed by atoms with Crippen molar-refractivity contribution in [3.63, 3.8) is 0 Å². The van der Waals surface area contributed by atoms with Crippen molar-refractivity contribution in [3.8, 4) is 16.9 Å². The van der Waals surface area contributed by atoms with Gasteiger partial charge in [-0.15, -0.1) is 0 Å². The Morgan fingerprint density at radius 3 is 2.17 bits per heavy atom. The van der Waals surface area contributed by atoms with E-state index in [-0.39, 0.29) is 19.0 Å². The molecule has 0 fully saturated rings. The molecule has 0 saturated heterocycles. The zero-order valence-electron chi connectivity index (χ0n) is 28.4. The molecule has 0 aliphatic carbocycles. The van der Waals surface area contributed by atoms with Crippen LogP contribution in [0.25, 0.3) is 11.1 Å². The van der Waals surface area contributed by atoms with Crippen LogP contribution in [0.3, 0.4) is 0 Å². The summed E-state index contributed by atoms with van der Waals surface area (Å²) >= 11 is 0. The summed E-state index contributed by atoms with van der Waals surface area (Å²) in [5.74, 6) is -0.172. The van der Waals surface area contributed by atoms with E-state index in [9.17, 15) is 9.59 Å². The lowest BCUT2D eigenvalue weighted by Gasteiger charge is -2.22. The summed E-state index contributed by atoms with van der Waals surface area (Å²) in [6.07, 6.45) is 4.51. The van der Waals surface area contributed by atoms with Crippen LogP contribution in [0.5, 0.6) is 5.75 Å². The third-order valence-electron chi connectivity index (χ3n) is 7.17. The molecular formula is C39H45FN2O5. The van der Waals surface area contributed by atoms with Crippen molar-refractivity contribution in [1.29, 1.82) is 0 Å². The maximum Gasteiger partial charge on any atom is 0.408 e. The predicted octanol–water partition coefficient (Wildman–Crippen LogP) is 8.72. The molecule has 8 heteroatoms. The quantitative estimate of drug-likeness (QED) is 0.165. The van der Waals surface area contributed by atoms with Gasteiger partial charge in [-0.1, -0.05) is 48.5 Å². The van der Waals surface area contributed by atoms with E-state index in [2.05, 4.69) is 16.4 Å². The number of nitrogens with zero attached hydrogens (tertiary/aromatic N) is 1. The average Bonchev–Trinajstić information content (AvgIpc) is 2.98. The van der Waals surface area contributed by atoms with Gasteiger partial charge in [0, 0.05) is 29.1 Å². The van der Waals surface area contributed by atoms with E-state index >= 15 is 4.39 Å². The smallest absolute Gasteiger partial charge is 0.408 e. The number of amides is 1. The fraction of sp³-hybridized carbons (Fsp3) is 0.359. The van der Waals surface area contributed by atoms with Gasteiger partial charge in [0.25, 0.3) is 0 Å². The largest absolute Gasteiger partial charge is 0.489 e. The van der Waals surface area contributed by atoms with Crippen molar-refractivity contribution in [2.45, 2.75) is 91.6 Å². The summed E-state index contributed by atoms with van der Waals surface area (Å²) < 4.78 is 33.3. The van der Waals surface area contributed by atoms with Crippen molar-refractivity contribution < 1.29 is 28.2 Å². The van der Waals surface area contributed by atoms with Gasteiger partial charge in [-0.25, -0.2) is 9.18 Å². The third kappa shape index (κ3) is 10.9. The number of aryl methyl sites for hydroxylation is 2. The number of hydrogen-bond acceptors (Lipinski definition) is 6. The van der Waals surface area contributed by atoms with Gasteiger partial charge in [0.15, 0.2) is 0 Å². The lowest BCUT2D eigenvalue weighted by atomic mass is 9.94. The maximum absolute atomic E-state index is 16.2. The minimum Gasteiger partial charge on any atom is -0.489 e. The second-order valence-electron chi connectivity index (χ2n) is 13.6. The van der Waals surface area contributed by atoms with Gasteiger partial charge in [0.1, 0.15) is 29.4 Å². The van der Waals surface area contributed by atoms with Crippen LogP contribution in [0.4, 0.5) is 9.18 Å². The highest BCUT2D eigenvalue weighted by atomic mass is 19.1. The van der Waals surface area contributed by atoms with Gasteiger partial charge in [0.2, 0.25) is 0 Å². The van der Waals surface area contributed by atoms with Gasteiger partial charge in [-0.05, 0) is 108 Å². The summed E-state index contributed by atoms with van der Waals surface area (Å²) in [5, 5.41) is 2.74. The number of nitrogens with one attached hydrogen (secondary N) is 1. The van der Waals surface area contributed by atoms with E-state index in [1.165, 1.54) is 0 Å². The zero-order valence-corrected chi connectivity index (χ0v) is 28.4. The standard InChI is InChI=1S/C39H45FN2O5/c1-26(42-37(44)47-39(5,6)7)32-12-10-13-33(36(32)40)31-22-28(16-15-27-17-19-41-20-18-27)21-29(23-31)25-45-34-14-9-8-11-30(34)24-35(43)46-38(2,3)4/h8-14,17-23,26H,15-16,24-25H2,1-7H3,(H,42,44)/t26-/m0/s1. The fourth-order valence-corrected chi connectivity index (χ4v) is 5.14. The number of esters is 1. The monoisotopic (exact) mass is 640 g/mol. The molecule has 1 heterocycles. The molecule has 0 radical (unpaired) electrons. The Balaban J connectivity index is 1.62. The zero-order chi connectivity index (χ0) is 34.2. The van der Waals surface area contributed by atoms with Gasteiger partial charge < -0.3 is 19.5 Å². The summed E-state index contributed by atoms with van der Waals surface area (Å²) in [4.78, 5) is 29.1. The molecule has 1 aromatic heterocycles. The summed E-state index contributed by atoms with van der Waals surface area (Å²) in [6.45, 7) is 12.8. The Bertz CT molecular complexity index is 1680. The molecule has 47 heavy (non-hydrogen) atoms. The second kappa shape index (κ2) is 15.2. The van der Waals surface area contributed by atoms with Crippen molar-refractivity contribution in [1.82, 2.24) is 10.3 Å². The third-order valence-corrected chi connectivity index (χ3v) is 7.17. The van der Waals surface area contributed by atoms with Crippen molar-refractivity contribution in [3.05, 3.63) is 119 Å². The van der Waals surface area contributed by atoms with Crippen LogP contribution in [0.15, 0.2) is 85.2 Å². The lowest BCUT2D eigenvalue weighted by Crippen LogP contribution is -2.34. The van der Waals surface area contributed by atoms with Crippen molar-refractivity contribution in [2.24, 2.45) is 0 Å². The second-order valence-corrected chi connectivity index (χ2v) is 13.6. The number of carbonyl (C=O) groups excluding carboxylic acids is 2. The Morgan fingerprint density at radius 1 is 0.809 bits per heavy atom. The average molecular weight is 641 g/mol. The van der Waals surface area contributed by atoms with Crippen LogP contribution >= 0.6 is 0 Å². The summed E-state index contributed by atoms with van der Waals surface area (Å²) in [6, 6.07) is 21.9. The fourth-order valence-electron chi connectivity index (χ4n) is 5.14. The molecule has 0 saturated carbocycles. The van der Waals surface area contributed by atoms with E-state index in [0.29, 0.717) is 22.4 Å². The summed E-state index contributed by atoms with van der Waals surface area (Å²) in [7, 11) is 0. The Morgan fingerprint density at radius 2 is 1.47 bits per heavy atom. The summed E-state index contributed by atoms with van der Waals surface area (Å²) in [5.41, 5.74) is 3.94. The highest BCUT2D eigenvalue weighted by Gasteiger charge is 2.22. The number of halogens is 1. The highest BCUT2D eigenvalue weighted by Crippen LogP contribution is 2.31. The number of pyridine rings is 1. The van der Waals surface area contributed by atoms with E-state index in [1.807, 2.05) is 69.3 Å². The molecule has 1 N–H and O–H groups in total. The number of alkyl carbamates (subject to hydrolysis) is 1. The van der Waals surface area contributed by atoms with Crippen LogP contribution in [0, 0.1) is 5.82 Å². The van der Waals surface area contributed by atoms with Crippen LogP contribution in [-0.4, -0.2) is 28.2 Å². The molecule has 0 aliphatic rings. The number of aromatic nitrogens is 1. The van der Waals surface area contributed by atoms with Gasteiger partial charge in [-0.2, -0.15) is 0 Å². The number of carbonyl (C=O) groups is 2. The molecule has 1 amide bonds. The van der Waals surface area contributed by atoms with Crippen LogP contribution in [-0.2, 0) is 40.1 Å². The van der Waals surface area contributed by atoms with Crippen molar-refractivity contribution >= 4 is 12.1 Å². The number of benzene rings is 3. The first-order chi connectivity index (χ1) is 22.2. The first-order valence-corrected chi connectivity index (χ1v) is 15.9. The molecule has 4 rings (SSSR count).